The highest BCUT2D eigenvalue weighted by Gasteiger charge is 2.56. The summed E-state index contributed by atoms with van der Waals surface area (Å²) in [6.45, 7) is 14.0. The van der Waals surface area contributed by atoms with E-state index in [1.165, 1.54) is 18.7 Å². The molecule has 15 nitrogen and oxygen atoms in total. The van der Waals surface area contributed by atoms with E-state index in [0.717, 1.165) is 27.1 Å². The van der Waals surface area contributed by atoms with Crippen LogP contribution >= 0.6 is 11.8 Å². The predicted molar refractivity (Wildman–Crippen MR) is 279 cm³/mol. The second kappa shape index (κ2) is 26.1. The molecule has 7 rings (SSSR count). The van der Waals surface area contributed by atoms with Crippen molar-refractivity contribution in [2.45, 2.75) is 138 Å². The fourth-order valence-corrected chi connectivity index (χ4v) is 10.6. The average molecular weight is 1030 g/mol. The van der Waals surface area contributed by atoms with Gasteiger partial charge in [-0.1, -0.05) is 146 Å². The van der Waals surface area contributed by atoms with E-state index in [4.69, 9.17) is 47.1 Å². The van der Waals surface area contributed by atoms with Gasteiger partial charge in [0, 0.05) is 16.7 Å². The standard InChI is InChI=1S/C56H67N3O12SSi/c1-37-24-30-44(31-25-37)72-55-52(69-53(61)42-22-16-11-17-23-42)51(66-34-40-20-14-10-15-21-40)48(45(68-55)35-63-32-41-26-28-43(62-6)29-27-41)70-54-47(58-59-57)50(65-33-39-18-12-9-13-19-39)49(46(67-54)36-64-38(2)60)71-73(7,8)56(3,4)5/h9-31,45-52,54-55H,32-36H2,1-8H3/t45-,46+,47+,48+,49+,50+,51-,52+,54+,55-/m0/s1. The maximum Gasteiger partial charge on any atom is 0.338 e. The Morgan fingerprint density at radius 2 is 1.27 bits per heavy atom. The number of nitrogens with zero attached hydrogens (tertiary/aromatic N) is 3. The first-order chi connectivity index (χ1) is 35.1. The molecule has 10 atom stereocenters. The Balaban J connectivity index is 1.34. The SMILES string of the molecule is COc1ccc(COC[C@@H]2O[C@@H](Sc3ccc(C)cc3)[C@H](OC(=O)c3ccccc3)[C@@H](OCc3ccccc3)[C@@H]2O[C@H]2O[C@H](COC(C)=O)[C@@H](O[Si](C)(C)C(C)(C)C)[C@H](OCc3ccccc3)[C@H]2N=[N+]=[N-])cc1. The van der Waals surface area contributed by atoms with E-state index < -0.39 is 80.8 Å². The molecule has 17 heteroatoms. The number of azide groups is 1. The summed E-state index contributed by atoms with van der Waals surface area (Å²) in [4.78, 5) is 31.1. The smallest absolute Gasteiger partial charge is 0.338 e. The predicted octanol–water partition coefficient (Wildman–Crippen LogP) is 11.2. The molecule has 73 heavy (non-hydrogen) atoms. The molecule has 0 aliphatic carbocycles. The zero-order valence-electron chi connectivity index (χ0n) is 42.7. The van der Waals surface area contributed by atoms with Crippen molar-refractivity contribution in [1.82, 2.24) is 0 Å². The fraction of sp³-hybridized carbons (Fsp3) is 0.429. The number of rotatable bonds is 22. The number of aryl methyl sites for hydroxylation is 1. The lowest BCUT2D eigenvalue weighted by atomic mass is 9.95. The topological polar surface area (TPSA) is 175 Å². The number of carbonyl (C=O) groups is 2. The molecule has 2 fully saturated rings. The normalized spacial score (nSPS) is 24.2. The van der Waals surface area contributed by atoms with Crippen LogP contribution in [0.15, 0.2) is 150 Å². The molecule has 0 amide bonds. The van der Waals surface area contributed by atoms with Gasteiger partial charge in [-0.25, -0.2) is 4.79 Å². The van der Waals surface area contributed by atoms with Gasteiger partial charge in [0.15, 0.2) is 20.7 Å². The third-order valence-corrected chi connectivity index (χ3v) is 18.8. The van der Waals surface area contributed by atoms with Gasteiger partial charge in [0.1, 0.15) is 54.4 Å². The quantitative estimate of drug-likeness (QED) is 0.0211. The molecule has 2 saturated heterocycles. The Labute approximate surface area is 433 Å². The van der Waals surface area contributed by atoms with Crippen molar-refractivity contribution in [3.05, 3.63) is 178 Å². The van der Waals surface area contributed by atoms with Crippen molar-refractivity contribution >= 4 is 32.0 Å². The molecule has 0 spiro atoms. The van der Waals surface area contributed by atoms with Crippen LogP contribution in [-0.2, 0) is 66.9 Å². The molecule has 0 bridgehead atoms. The molecule has 0 aromatic heterocycles. The lowest BCUT2D eigenvalue weighted by molar-refractivity contribution is -0.322. The van der Waals surface area contributed by atoms with Crippen LogP contribution in [0.5, 0.6) is 5.75 Å². The third kappa shape index (κ3) is 15.3. The molecular weight excluding hydrogens is 967 g/mol. The van der Waals surface area contributed by atoms with Crippen LogP contribution in [0, 0.1) is 6.92 Å². The van der Waals surface area contributed by atoms with Crippen molar-refractivity contribution in [2.24, 2.45) is 5.11 Å². The van der Waals surface area contributed by atoms with Gasteiger partial charge in [0.05, 0.1) is 45.2 Å². The number of thioether (sulfide) groups is 1. The van der Waals surface area contributed by atoms with Gasteiger partial charge in [0.2, 0.25) is 0 Å². The number of carbonyl (C=O) groups excluding carboxylic acids is 2. The number of esters is 2. The highest BCUT2D eigenvalue weighted by Crippen LogP contribution is 2.43. The fourth-order valence-electron chi connectivity index (χ4n) is 8.18. The van der Waals surface area contributed by atoms with Crippen LogP contribution < -0.4 is 4.74 Å². The van der Waals surface area contributed by atoms with Gasteiger partial charge in [-0.05, 0) is 83.7 Å². The van der Waals surface area contributed by atoms with Crippen LogP contribution in [0.1, 0.15) is 60.3 Å². The van der Waals surface area contributed by atoms with Gasteiger partial charge >= 0.3 is 11.9 Å². The Morgan fingerprint density at radius 3 is 1.85 bits per heavy atom. The van der Waals surface area contributed by atoms with E-state index in [0.29, 0.717) is 11.3 Å². The Morgan fingerprint density at radius 1 is 0.699 bits per heavy atom. The maximum absolute atomic E-state index is 14.3. The van der Waals surface area contributed by atoms with E-state index in [9.17, 15) is 15.1 Å². The van der Waals surface area contributed by atoms with E-state index in [1.807, 2.05) is 122 Å². The largest absolute Gasteiger partial charge is 0.497 e. The summed E-state index contributed by atoms with van der Waals surface area (Å²) < 4.78 is 66.4. The van der Waals surface area contributed by atoms with Crippen LogP contribution in [0.3, 0.4) is 0 Å². The van der Waals surface area contributed by atoms with Crippen molar-refractivity contribution in [3.8, 4) is 5.75 Å². The van der Waals surface area contributed by atoms with Crippen LogP contribution in [0.4, 0.5) is 0 Å². The monoisotopic (exact) mass is 1030 g/mol. The lowest BCUT2D eigenvalue weighted by Crippen LogP contribution is -2.66. The average Bonchev–Trinajstić information content (AvgIpc) is 3.38. The van der Waals surface area contributed by atoms with Crippen molar-refractivity contribution in [3.63, 3.8) is 0 Å². The number of benzene rings is 5. The van der Waals surface area contributed by atoms with Gasteiger partial charge in [-0.15, -0.1) is 0 Å². The zero-order valence-corrected chi connectivity index (χ0v) is 44.6. The van der Waals surface area contributed by atoms with Crippen molar-refractivity contribution in [2.75, 3.05) is 20.3 Å². The number of hydrogen-bond donors (Lipinski definition) is 0. The lowest BCUT2D eigenvalue weighted by Gasteiger charge is -2.51. The molecule has 0 saturated carbocycles. The number of hydrogen-bond acceptors (Lipinski definition) is 14. The Bertz CT molecular complexity index is 2550. The molecule has 2 aliphatic heterocycles. The van der Waals surface area contributed by atoms with Gasteiger partial charge < -0.3 is 47.1 Å². The first-order valence-corrected chi connectivity index (χ1v) is 28.2. The summed E-state index contributed by atoms with van der Waals surface area (Å²) in [5, 5.41) is 4.09. The summed E-state index contributed by atoms with van der Waals surface area (Å²) in [5.74, 6) is -0.432. The molecule has 0 unspecified atom stereocenters. The van der Waals surface area contributed by atoms with Crippen LogP contribution in [0.25, 0.3) is 10.4 Å². The second-order valence-corrected chi connectivity index (χ2v) is 25.5. The van der Waals surface area contributed by atoms with Gasteiger partial charge in [-0.2, -0.15) is 0 Å². The van der Waals surface area contributed by atoms with Gasteiger partial charge in [0.25, 0.3) is 0 Å². The van der Waals surface area contributed by atoms with E-state index in [-0.39, 0.29) is 38.1 Å². The van der Waals surface area contributed by atoms with E-state index in [2.05, 4.69) is 43.9 Å². The molecule has 0 radical (unpaired) electrons. The van der Waals surface area contributed by atoms with Crippen LogP contribution in [-0.4, -0.2) is 101 Å². The summed E-state index contributed by atoms with van der Waals surface area (Å²) >= 11 is 1.38. The molecule has 2 aliphatic rings. The maximum atomic E-state index is 14.3. The molecule has 388 valence electrons. The Hall–Kier alpha value is -5.56. The van der Waals surface area contributed by atoms with E-state index in [1.54, 1.807) is 31.4 Å². The summed E-state index contributed by atoms with van der Waals surface area (Å²) in [5.41, 5.74) is 13.5. The minimum Gasteiger partial charge on any atom is -0.497 e. The summed E-state index contributed by atoms with van der Waals surface area (Å²) in [6, 6.07) is 42.2. The first kappa shape index (κ1) is 55.2. The van der Waals surface area contributed by atoms with Crippen molar-refractivity contribution in [1.29, 1.82) is 0 Å². The molecule has 5 aromatic rings. The first-order valence-electron chi connectivity index (χ1n) is 24.5. The summed E-state index contributed by atoms with van der Waals surface area (Å²) in [7, 11) is -1.05. The zero-order chi connectivity index (χ0) is 52.0. The Kier molecular flexibility index (Phi) is 19.7. The second-order valence-electron chi connectivity index (χ2n) is 19.6. The van der Waals surface area contributed by atoms with Crippen LogP contribution in [0.2, 0.25) is 18.1 Å². The number of methoxy groups -OCH3 is 1. The highest BCUT2D eigenvalue weighted by molar-refractivity contribution is 7.99. The summed E-state index contributed by atoms with van der Waals surface area (Å²) in [6.07, 6.45) is -8.56. The highest BCUT2D eigenvalue weighted by atomic mass is 32.2. The van der Waals surface area contributed by atoms with Gasteiger partial charge in [-0.3, -0.25) is 4.79 Å². The van der Waals surface area contributed by atoms with E-state index >= 15 is 0 Å². The third-order valence-electron chi connectivity index (χ3n) is 13.2. The molecule has 5 aromatic carbocycles. The minimum atomic E-state index is -2.66. The van der Waals surface area contributed by atoms with Crippen molar-refractivity contribution < 1.29 is 56.6 Å². The molecule has 0 N–H and O–H groups in total. The molecular formula is C56H67N3O12SSi. The molecule has 2 heterocycles. The number of ether oxygens (including phenoxy) is 9. The minimum absolute atomic E-state index is 0.0347.